The van der Waals surface area contributed by atoms with E-state index in [4.69, 9.17) is 14.2 Å². The summed E-state index contributed by atoms with van der Waals surface area (Å²) in [6, 6.07) is 9.27. The molecule has 2 fully saturated rings. The second-order valence-electron chi connectivity index (χ2n) is 7.08. The molecule has 3 rings (SSSR count). The molecule has 0 aromatic heterocycles. The predicted molar refractivity (Wildman–Crippen MR) is 97.2 cm³/mol. The first-order valence-corrected chi connectivity index (χ1v) is 9.53. The van der Waals surface area contributed by atoms with Crippen molar-refractivity contribution in [2.24, 2.45) is 5.92 Å². The lowest BCUT2D eigenvalue weighted by molar-refractivity contribution is -0.191. The summed E-state index contributed by atoms with van der Waals surface area (Å²) in [6.45, 7) is 1.06. The van der Waals surface area contributed by atoms with Gasteiger partial charge < -0.3 is 29.4 Å². The SMILES string of the molecule is O=CC[C@H]1[C@H](NC(=O)O)[C@@H](OC2CCCCO2)C[C@H]1OCc1ccccc1. The third-order valence-electron chi connectivity index (χ3n) is 5.23. The third kappa shape index (κ3) is 5.51. The Bertz CT molecular complexity index is 604. The Hall–Kier alpha value is -1.96. The van der Waals surface area contributed by atoms with E-state index in [2.05, 4.69) is 5.32 Å². The highest BCUT2D eigenvalue weighted by Gasteiger charge is 2.46. The molecule has 148 valence electrons. The van der Waals surface area contributed by atoms with Crippen LogP contribution >= 0.6 is 0 Å². The highest BCUT2D eigenvalue weighted by molar-refractivity contribution is 5.65. The molecule has 1 saturated carbocycles. The molecule has 1 aromatic rings. The number of rotatable bonds is 8. The number of hydrogen-bond donors (Lipinski definition) is 2. The summed E-state index contributed by atoms with van der Waals surface area (Å²) in [7, 11) is 0. The number of ether oxygens (including phenoxy) is 3. The Labute approximate surface area is 159 Å². The maximum atomic E-state index is 11.3. The highest BCUT2D eigenvalue weighted by atomic mass is 16.7. The van der Waals surface area contributed by atoms with Crippen LogP contribution in [0.25, 0.3) is 0 Å². The molecule has 1 aromatic carbocycles. The van der Waals surface area contributed by atoms with Crippen molar-refractivity contribution in [2.45, 2.75) is 63.3 Å². The largest absolute Gasteiger partial charge is 0.465 e. The summed E-state index contributed by atoms with van der Waals surface area (Å²) < 4.78 is 17.8. The highest BCUT2D eigenvalue weighted by Crippen LogP contribution is 2.35. The first-order valence-electron chi connectivity index (χ1n) is 9.53. The van der Waals surface area contributed by atoms with Gasteiger partial charge in [-0.05, 0) is 24.8 Å². The number of benzene rings is 1. The molecule has 27 heavy (non-hydrogen) atoms. The van der Waals surface area contributed by atoms with Gasteiger partial charge in [-0.1, -0.05) is 30.3 Å². The molecule has 1 aliphatic heterocycles. The zero-order chi connectivity index (χ0) is 19.1. The van der Waals surface area contributed by atoms with Gasteiger partial charge >= 0.3 is 6.09 Å². The summed E-state index contributed by atoms with van der Waals surface area (Å²) in [6.07, 6.45) is 2.30. The topological polar surface area (TPSA) is 94.1 Å². The smallest absolute Gasteiger partial charge is 0.404 e. The van der Waals surface area contributed by atoms with Gasteiger partial charge in [-0.15, -0.1) is 0 Å². The molecule has 7 nitrogen and oxygen atoms in total. The van der Waals surface area contributed by atoms with Crippen LogP contribution < -0.4 is 5.32 Å². The van der Waals surface area contributed by atoms with Crippen LogP contribution in [0.5, 0.6) is 0 Å². The second-order valence-corrected chi connectivity index (χ2v) is 7.08. The van der Waals surface area contributed by atoms with Gasteiger partial charge in [-0.3, -0.25) is 0 Å². The van der Waals surface area contributed by atoms with Crippen molar-refractivity contribution in [3.05, 3.63) is 35.9 Å². The molecular formula is C20H27NO6. The normalized spacial score (nSPS) is 30.7. The van der Waals surface area contributed by atoms with Gasteiger partial charge in [0, 0.05) is 25.4 Å². The van der Waals surface area contributed by atoms with Crippen LogP contribution in [0, 0.1) is 5.92 Å². The molecule has 2 aliphatic rings. The van der Waals surface area contributed by atoms with Crippen LogP contribution in [0.2, 0.25) is 0 Å². The van der Waals surface area contributed by atoms with Gasteiger partial charge in [0.1, 0.15) is 6.29 Å². The number of aldehydes is 1. The van der Waals surface area contributed by atoms with Gasteiger partial charge in [0.2, 0.25) is 0 Å². The monoisotopic (exact) mass is 377 g/mol. The van der Waals surface area contributed by atoms with E-state index in [-0.39, 0.29) is 30.8 Å². The number of carboxylic acid groups (broad SMARTS) is 1. The van der Waals surface area contributed by atoms with E-state index < -0.39 is 12.1 Å². The standard InChI is InChI=1S/C20H27NO6/c22-10-9-15-16(26-13-14-6-2-1-3-7-14)12-17(19(15)21-20(23)24)27-18-8-4-5-11-25-18/h1-3,6-7,10,15-19,21H,4-5,8-9,11-13H2,(H,23,24)/t15-,16-,17+,18?,19+/m1/s1. The van der Waals surface area contributed by atoms with Gasteiger partial charge in [-0.2, -0.15) is 0 Å². The fourth-order valence-electron chi connectivity index (χ4n) is 3.93. The Balaban J connectivity index is 1.69. The van der Waals surface area contributed by atoms with Gasteiger partial charge in [0.05, 0.1) is 24.9 Å². The van der Waals surface area contributed by atoms with Crippen molar-refractivity contribution in [3.63, 3.8) is 0 Å². The molecule has 1 unspecified atom stereocenters. The molecule has 1 heterocycles. The number of carbonyl (C=O) groups is 2. The molecule has 0 bridgehead atoms. The van der Waals surface area contributed by atoms with Crippen LogP contribution in [0.3, 0.4) is 0 Å². The van der Waals surface area contributed by atoms with Crippen LogP contribution in [0.4, 0.5) is 4.79 Å². The van der Waals surface area contributed by atoms with E-state index in [9.17, 15) is 14.7 Å². The van der Waals surface area contributed by atoms with Crippen molar-refractivity contribution < 1.29 is 28.9 Å². The Kier molecular flexibility index (Phi) is 7.20. The van der Waals surface area contributed by atoms with E-state index in [0.717, 1.165) is 31.1 Å². The number of nitrogens with one attached hydrogen (secondary N) is 1. The van der Waals surface area contributed by atoms with Gasteiger partial charge in [0.25, 0.3) is 0 Å². The second kappa shape index (κ2) is 9.82. The predicted octanol–water partition coefficient (Wildman–Crippen LogP) is 2.73. The van der Waals surface area contributed by atoms with E-state index in [1.807, 2.05) is 30.3 Å². The molecule has 0 spiro atoms. The minimum atomic E-state index is -1.13. The first-order chi connectivity index (χ1) is 13.2. The van der Waals surface area contributed by atoms with Crippen LogP contribution in [0.15, 0.2) is 30.3 Å². The van der Waals surface area contributed by atoms with E-state index >= 15 is 0 Å². The molecule has 1 aliphatic carbocycles. The minimum Gasteiger partial charge on any atom is -0.465 e. The Morgan fingerprint density at radius 1 is 1.26 bits per heavy atom. The van der Waals surface area contributed by atoms with Crippen LogP contribution in [-0.4, -0.2) is 48.6 Å². The van der Waals surface area contributed by atoms with Crippen molar-refractivity contribution in [1.29, 1.82) is 0 Å². The molecule has 5 atom stereocenters. The average molecular weight is 377 g/mol. The number of hydrogen-bond acceptors (Lipinski definition) is 5. The fourth-order valence-corrected chi connectivity index (χ4v) is 3.93. The summed E-state index contributed by atoms with van der Waals surface area (Å²) in [4.78, 5) is 22.5. The van der Waals surface area contributed by atoms with Crippen molar-refractivity contribution in [2.75, 3.05) is 6.61 Å². The van der Waals surface area contributed by atoms with E-state index in [1.165, 1.54) is 0 Å². The maximum absolute atomic E-state index is 11.3. The van der Waals surface area contributed by atoms with Crippen molar-refractivity contribution in [3.8, 4) is 0 Å². The van der Waals surface area contributed by atoms with Crippen molar-refractivity contribution >= 4 is 12.4 Å². The Morgan fingerprint density at radius 2 is 2.07 bits per heavy atom. The average Bonchev–Trinajstić information content (AvgIpc) is 2.98. The zero-order valence-corrected chi connectivity index (χ0v) is 15.3. The molecule has 0 radical (unpaired) electrons. The number of carbonyl (C=O) groups excluding carboxylic acids is 1. The zero-order valence-electron chi connectivity index (χ0n) is 15.3. The molecule has 7 heteroatoms. The molecule has 1 saturated heterocycles. The van der Waals surface area contributed by atoms with Crippen LogP contribution in [0.1, 0.15) is 37.7 Å². The lowest BCUT2D eigenvalue weighted by atomic mass is 9.97. The summed E-state index contributed by atoms with van der Waals surface area (Å²) in [5.41, 5.74) is 1.03. The number of amides is 1. The van der Waals surface area contributed by atoms with Crippen molar-refractivity contribution in [1.82, 2.24) is 5.32 Å². The van der Waals surface area contributed by atoms with E-state index in [1.54, 1.807) is 0 Å². The first kappa shape index (κ1) is 19.8. The quantitative estimate of drug-likeness (QED) is 0.677. The lowest BCUT2D eigenvalue weighted by Crippen LogP contribution is -2.46. The molecular weight excluding hydrogens is 350 g/mol. The molecule has 2 N–H and O–H groups in total. The minimum absolute atomic E-state index is 0.218. The third-order valence-corrected chi connectivity index (χ3v) is 5.23. The van der Waals surface area contributed by atoms with Gasteiger partial charge in [0.15, 0.2) is 6.29 Å². The summed E-state index contributed by atoms with van der Waals surface area (Å²) >= 11 is 0. The lowest BCUT2D eigenvalue weighted by Gasteiger charge is -2.30. The summed E-state index contributed by atoms with van der Waals surface area (Å²) in [5, 5.41) is 11.8. The summed E-state index contributed by atoms with van der Waals surface area (Å²) in [5.74, 6) is -0.268. The Morgan fingerprint density at radius 3 is 2.74 bits per heavy atom. The van der Waals surface area contributed by atoms with E-state index in [0.29, 0.717) is 19.6 Å². The fraction of sp³-hybridized carbons (Fsp3) is 0.600. The molecule has 1 amide bonds. The maximum Gasteiger partial charge on any atom is 0.404 e. The van der Waals surface area contributed by atoms with Crippen LogP contribution in [-0.2, 0) is 25.6 Å². The van der Waals surface area contributed by atoms with Gasteiger partial charge in [-0.25, -0.2) is 4.79 Å².